The highest BCUT2D eigenvalue weighted by atomic mass is 16.3. The highest BCUT2D eigenvalue weighted by Gasteiger charge is 2.28. The molecule has 7 heteroatoms. The van der Waals surface area contributed by atoms with Crippen molar-refractivity contribution >= 4 is 11.6 Å². The average molecular weight is 354 g/mol. The van der Waals surface area contributed by atoms with Crippen LogP contribution in [0, 0.1) is 13.8 Å². The summed E-state index contributed by atoms with van der Waals surface area (Å²) in [6.45, 7) is 6.53. The Morgan fingerprint density at radius 1 is 1.31 bits per heavy atom. The predicted octanol–water partition coefficient (Wildman–Crippen LogP) is 2.53. The summed E-state index contributed by atoms with van der Waals surface area (Å²) < 4.78 is 8.79. The van der Waals surface area contributed by atoms with Crippen molar-refractivity contribution in [2.24, 2.45) is 7.05 Å². The van der Waals surface area contributed by atoms with Crippen molar-refractivity contribution in [1.29, 1.82) is 0 Å². The van der Waals surface area contributed by atoms with E-state index in [4.69, 9.17) is 4.42 Å². The Hall–Kier alpha value is -2.83. The standard InChI is InChI=1S/C19H22N4O3/c1-11-6-5-7-23(11)18(24)15-9-22-10-16(14-8-12(2)26-13(14)3)21(4)19(25)17(22)20-15/h8-11H,5-7H2,1-4H3/t11-/m0/s1. The second kappa shape index (κ2) is 5.86. The second-order valence-electron chi connectivity index (χ2n) is 7.05. The number of rotatable bonds is 2. The summed E-state index contributed by atoms with van der Waals surface area (Å²) in [5.74, 6) is 1.42. The van der Waals surface area contributed by atoms with E-state index in [0.29, 0.717) is 5.69 Å². The van der Waals surface area contributed by atoms with Crippen LogP contribution in [0.25, 0.3) is 16.9 Å². The predicted molar refractivity (Wildman–Crippen MR) is 97.3 cm³/mol. The molecule has 0 unspecified atom stereocenters. The molecule has 1 amide bonds. The van der Waals surface area contributed by atoms with Crippen LogP contribution in [-0.2, 0) is 7.05 Å². The molecule has 136 valence electrons. The Morgan fingerprint density at radius 2 is 2.08 bits per heavy atom. The Balaban J connectivity index is 1.84. The maximum absolute atomic E-state index is 12.8. The van der Waals surface area contributed by atoms with Crippen LogP contribution in [0.3, 0.4) is 0 Å². The normalized spacial score (nSPS) is 17.4. The number of imidazole rings is 1. The Bertz CT molecular complexity index is 1070. The first kappa shape index (κ1) is 16.6. The van der Waals surface area contributed by atoms with E-state index < -0.39 is 0 Å². The summed E-state index contributed by atoms with van der Waals surface area (Å²) >= 11 is 0. The number of carbonyl (C=O) groups is 1. The van der Waals surface area contributed by atoms with E-state index in [1.807, 2.05) is 37.9 Å². The van der Waals surface area contributed by atoms with Gasteiger partial charge in [0.05, 0.1) is 5.69 Å². The van der Waals surface area contributed by atoms with Crippen LogP contribution < -0.4 is 5.56 Å². The van der Waals surface area contributed by atoms with Gasteiger partial charge in [-0.05, 0) is 39.7 Å². The van der Waals surface area contributed by atoms with Crippen LogP contribution in [0.1, 0.15) is 41.8 Å². The van der Waals surface area contributed by atoms with E-state index in [0.717, 1.165) is 42.2 Å². The van der Waals surface area contributed by atoms with Gasteiger partial charge in [0.25, 0.3) is 11.5 Å². The number of aromatic nitrogens is 3. The van der Waals surface area contributed by atoms with Crippen molar-refractivity contribution in [1.82, 2.24) is 18.9 Å². The van der Waals surface area contributed by atoms with E-state index in [-0.39, 0.29) is 23.2 Å². The number of aryl methyl sites for hydroxylation is 2. The zero-order valence-electron chi connectivity index (χ0n) is 15.4. The summed E-state index contributed by atoms with van der Waals surface area (Å²) in [5, 5.41) is 0. The van der Waals surface area contributed by atoms with Gasteiger partial charge in [0.1, 0.15) is 17.2 Å². The third-order valence-corrected chi connectivity index (χ3v) is 5.20. The minimum absolute atomic E-state index is 0.113. The minimum Gasteiger partial charge on any atom is -0.466 e. The maximum Gasteiger partial charge on any atom is 0.294 e. The summed E-state index contributed by atoms with van der Waals surface area (Å²) in [6.07, 6.45) is 5.48. The summed E-state index contributed by atoms with van der Waals surface area (Å²) in [4.78, 5) is 31.7. The molecule has 0 bridgehead atoms. The molecule has 0 N–H and O–H groups in total. The first-order valence-electron chi connectivity index (χ1n) is 8.84. The fourth-order valence-corrected chi connectivity index (χ4v) is 3.75. The molecule has 1 atom stereocenters. The van der Waals surface area contributed by atoms with E-state index in [9.17, 15) is 9.59 Å². The van der Waals surface area contributed by atoms with Crippen LogP contribution in [0.5, 0.6) is 0 Å². The number of nitrogens with zero attached hydrogens (tertiary/aromatic N) is 4. The zero-order chi connectivity index (χ0) is 18.6. The quantitative estimate of drug-likeness (QED) is 0.709. The lowest BCUT2D eigenvalue weighted by Crippen LogP contribution is -2.33. The van der Waals surface area contributed by atoms with Crippen LogP contribution in [0.15, 0.2) is 27.7 Å². The first-order chi connectivity index (χ1) is 12.4. The van der Waals surface area contributed by atoms with Gasteiger partial charge in [0.2, 0.25) is 5.65 Å². The lowest BCUT2D eigenvalue weighted by molar-refractivity contribution is 0.0742. The Morgan fingerprint density at radius 3 is 2.69 bits per heavy atom. The van der Waals surface area contributed by atoms with Crippen LogP contribution in [-0.4, -0.2) is 37.3 Å². The molecule has 1 aliphatic rings. The SMILES string of the molecule is Cc1cc(-c2cn3cc(C(=O)N4CCC[C@@H]4C)nc3c(=O)n2C)c(C)o1. The molecule has 3 aromatic heterocycles. The van der Waals surface area contributed by atoms with Crippen molar-refractivity contribution in [2.75, 3.05) is 6.54 Å². The lowest BCUT2D eigenvalue weighted by Gasteiger charge is -2.19. The molecule has 1 aliphatic heterocycles. The van der Waals surface area contributed by atoms with E-state index in [1.165, 1.54) is 0 Å². The van der Waals surface area contributed by atoms with Crippen molar-refractivity contribution in [3.63, 3.8) is 0 Å². The molecule has 1 saturated heterocycles. The molecule has 0 saturated carbocycles. The van der Waals surface area contributed by atoms with Gasteiger partial charge in [-0.25, -0.2) is 4.98 Å². The molecule has 0 radical (unpaired) electrons. The number of carbonyl (C=O) groups excluding carboxylic acids is 1. The number of amides is 1. The van der Waals surface area contributed by atoms with Gasteiger partial charge in [-0.15, -0.1) is 0 Å². The topological polar surface area (TPSA) is 72.8 Å². The molecule has 1 fully saturated rings. The van der Waals surface area contributed by atoms with Crippen molar-refractivity contribution in [3.8, 4) is 11.3 Å². The van der Waals surface area contributed by atoms with Gasteiger partial charge >= 0.3 is 0 Å². The highest BCUT2D eigenvalue weighted by molar-refractivity contribution is 5.93. The highest BCUT2D eigenvalue weighted by Crippen LogP contribution is 2.26. The van der Waals surface area contributed by atoms with Crippen LogP contribution in [0.2, 0.25) is 0 Å². The van der Waals surface area contributed by atoms with Crippen LogP contribution in [0.4, 0.5) is 0 Å². The van der Waals surface area contributed by atoms with Crippen molar-refractivity contribution < 1.29 is 9.21 Å². The minimum atomic E-state index is -0.241. The monoisotopic (exact) mass is 354 g/mol. The number of likely N-dealkylation sites (tertiary alicyclic amines) is 1. The molecule has 7 nitrogen and oxygen atoms in total. The van der Waals surface area contributed by atoms with Gasteiger partial charge in [0.15, 0.2) is 0 Å². The van der Waals surface area contributed by atoms with E-state index >= 15 is 0 Å². The number of hydrogen-bond donors (Lipinski definition) is 0. The number of hydrogen-bond acceptors (Lipinski definition) is 4. The summed E-state index contributed by atoms with van der Waals surface area (Å²) in [6, 6.07) is 2.12. The van der Waals surface area contributed by atoms with Crippen molar-refractivity contribution in [2.45, 2.75) is 39.7 Å². The smallest absolute Gasteiger partial charge is 0.294 e. The Kier molecular flexibility index (Phi) is 3.75. The van der Waals surface area contributed by atoms with E-state index in [2.05, 4.69) is 4.98 Å². The molecule has 0 aliphatic carbocycles. The summed E-state index contributed by atoms with van der Waals surface area (Å²) in [5.41, 5.74) is 1.91. The van der Waals surface area contributed by atoms with Gasteiger partial charge in [-0.3, -0.25) is 14.0 Å². The maximum atomic E-state index is 12.8. The fraction of sp³-hybridized carbons (Fsp3) is 0.421. The van der Waals surface area contributed by atoms with Gasteiger partial charge in [0, 0.05) is 37.6 Å². The molecular weight excluding hydrogens is 332 g/mol. The number of furan rings is 1. The molecular formula is C19H22N4O3. The third kappa shape index (κ3) is 2.46. The third-order valence-electron chi connectivity index (χ3n) is 5.20. The molecule has 26 heavy (non-hydrogen) atoms. The molecule has 0 spiro atoms. The largest absolute Gasteiger partial charge is 0.466 e. The number of fused-ring (bicyclic) bond motifs is 1. The fourth-order valence-electron chi connectivity index (χ4n) is 3.75. The van der Waals surface area contributed by atoms with Crippen LogP contribution >= 0.6 is 0 Å². The lowest BCUT2D eigenvalue weighted by atomic mass is 10.2. The van der Waals surface area contributed by atoms with Gasteiger partial charge in [-0.2, -0.15) is 0 Å². The average Bonchev–Trinajstić information content (AvgIpc) is 3.29. The van der Waals surface area contributed by atoms with Crippen molar-refractivity contribution in [3.05, 3.63) is 46.0 Å². The first-order valence-corrected chi connectivity index (χ1v) is 8.84. The van der Waals surface area contributed by atoms with Gasteiger partial charge in [-0.1, -0.05) is 0 Å². The molecule has 0 aromatic carbocycles. The zero-order valence-corrected chi connectivity index (χ0v) is 15.4. The Labute approximate surface area is 150 Å². The molecule has 4 heterocycles. The summed E-state index contributed by atoms with van der Waals surface area (Å²) in [7, 11) is 1.71. The van der Waals surface area contributed by atoms with Gasteiger partial charge < -0.3 is 13.9 Å². The molecule has 3 aromatic rings. The second-order valence-corrected chi connectivity index (χ2v) is 7.05. The van der Waals surface area contributed by atoms with E-state index in [1.54, 1.807) is 22.2 Å². The molecule has 4 rings (SSSR count).